The Labute approximate surface area is 177 Å². The summed E-state index contributed by atoms with van der Waals surface area (Å²) in [6.45, 7) is -0.236. The van der Waals surface area contributed by atoms with Gasteiger partial charge in [0.25, 0.3) is 17.5 Å². The summed E-state index contributed by atoms with van der Waals surface area (Å²) in [5.41, 5.74) is 0.882. The second-order valence-corrected chi connectivity index (χ2v) is 6.36. The number of nitro groups is 1. The van der Waals surface area contributed by atoms with Gasteiger partial charge in [-0.05, 0) is 36.4 Å². The molecule has 0 atom stereocenters. The third-order valence-electron chi connectivity index (χ3n) is 4.20. The zero-order chi connectivity index (χ0) is 22.2. The van der Waals surface area contributed by atoms with Crippen LogP contribution in [0.1, 0.15) is 16.1 Å². The second-order valence-electron chi connectivity index (χ2n) is 6.36. The van der Waals surface area contributed by atoms with Crippen LogP contribution in [0.4, 0.5) is 5.69 Å². The minimum atomic E-state index is -0.591. The van der Waals surface area contributed by atoms with E-state index in [2.05, 4.69) is 10.6 Å². The molecule has 1 heterocycles. The maximum Gasteiger partial charge on any atom is 0.269 e. The Kier molecular flexibility index (Phi) is 6.92. The van der Waals surface area contributed by atoms with Crippen LogP contribution in [0.5, 0.6) is 0 Å². The third-order valence-corrected chi connectivity index (χ3v) is 4.20. The number of aliphatic hydroxyl groups is 1. The Hall–Kier alpha value is -4.24. The molecule has 0 saturated heterocycles. The van der Waals surface area contributed by atoms with Crippen LogP contribution in [-0.4, -0.2) is 35.0 Å². The van der Waals surface area contributed by atoms with Gasteiger partial charge in [-0.2, -0.15) is 0 Å². The Morgan fingerprint density at radius 1 is 1.03 bits per heavy atom. The Bertz CT molecular complexity index is 1100. The fourth-order valence-corrected chi connectivity index (χ4v) is 2.68. The van der Waals surface area contributed by atoms with Crippen molar-refractivity contribution in [2.45, 2.75) is 0 Å². The minimum absolute atomic E-state index is 0.0174. The molecule has 0 spiro atoms. The molecule has 1 aromatic heterocycles. The second kappa shape index (κ2) is 9.99. The van der Waals surface area contributed by atoms with Crippen molar-refractivity contribution in [1.82, 2.24) is 10.6 Å². The van der Waals surface area contributed by atoms with Crippen LogP contribution in [0, 0.1) is 10.1 Å². The molecule has 0 aliphatic heterocycles. The lowest BCUT2D eigenvalue weighted by Gasteiger charge is -2.10. The van der Waals surface area contributed by atoms with Gasteiger partial charge in [-0.15, -0.1) is 0 Å². The molecule has 0 saturated carbocycles. The van der Waals surface area contributed by atoms with E-state index in [1.54, 1.807) is 54.6 Å². The first-order valence-electron chi connectivity index (χ1n) is 9.30. The average molecular weight is 421 g/mol. The summed E-state index contributed by atoms with van der Waals surface area (Å²) in [5, 5.41) is 24.8. The number of non-ortho nitro benzene ring substituents is 1. The van der Waals surface area contributed by atoms with Crippen LogP contribution in [0.3, 0.4) is 0 Å². The quantitative estimate of drug-likeness (QED) is 0.291. The van der Waals surface area contributed by atoms with Gasteiger partial charge in [0.05, 0.1) is 11.5 Å². The highest BCUT2D eigenvalue weighted by molar-refractivity contribution is 6.05. The topological polar surface area (TPSA) is 135 Å². The van der Waals surface area contributed by atoms with E-state index in [0.29, 0.717) is 16.9 Å². The molecule has 9 nitrogen and oxygen atoms in total. The lowest BCUT2D eigenvalue weighted by molar-refractivity contribution is -0.384. The largest absolute Gasteiger partial charge is 0.457 e. The van der Waals surface area contributed by atoms with E-state index < -0.39 is 16.7 Å². The molecular formula is C22H19N3O6. The summed E-state index contributed by atoms with van der Waals surface area (Å²) in [7, 11) is 0. The third kappa shape index (κ3) is 5.64. The van der Waals surface area contributed by atoms with Gasteiger partial charge >= 0.3 is 0 Å². The molecule has 0 unspecified atom stereocenters. The summed E-state index contributed by atoms with van der Waals surface area (Å²) < 4.78 is 5.72. The smallest absolute Gasteiger partial charge is 0.269 e. The number of hydrogen-bond donors (Lipinski definition) is 3. The van der Waals surface area contributed by atoms with Crippen molar-refractivity contribution in [3.8, 4) is 11.3 Å². The zero-order valence-electron chi connectivity index (χ0n) is 16.3. The molecule has 0 aliphatic rings. The Morgan fingerprint density at radius 2 is 1.74 bits per heavy atom. The van der Waals surface area contributed by atoms with Gasteiger partial charge in [-0.3, -0.25) is 19.7 Å². The normalized spacial score (nSPS) is 11.1. The lowest BCUT2D eigenvalue weighted by Crippen LogP contribution is -2.36. The predicted molar refractivity (Wildman–Crippen MR) is 113 cm³/mol. The molecule has 9 heteroatoms. The number of carbonyl (C=O) groups excluding carboxylic acids is 2. The van der Waals surface area contributed by atoms with Crippen LogP contribution in [0.2, 0.25) is 0 Å². The van der Waals surface area contributed by atoms with Crippen LogP contribution >= 0.6 is 0 Å². The maximum absolute atomic E-state index is 12.5. The number of hydrogen-bond acceptors (Lipinski definition) is 6. The van der Waals surface area contributed by atoms with E-state index in [0.717, 1.165) is 0 Å². The lowest BCUT2D eigenvalue weighted by atomic mass is 10.1. The molecule has 2 amide bonds. The number of amides is 2. The predicted octanol–water partition coefficient (Wildman–Crippen LogP) is 2.73. The highest BCUT2D eigenvalue weighted by atomic mass is 16.6. The molecular weight excluding hydrogens is 402 g/mol. The minimum Gasteiger partial charge on any atom is -0.457 e. The molecule has 3 N–H and O–H groups in total. The molecule has 3 aromatic rings. The van der Waals surface area contributed by atoms with Crippen LogP contribution in [-0.2, 0) is 4.79 Å². The summed E-state index contributed by atoms with van der Waals surface area (Å²) in [6, 6.07) is 17.5. The number of carbonyl (C=O) groups is 2. The molecule has 0 bridgehead atoms. The number of nitrogens with one attached hydrogen (secondary N) is 2. The van der Waals surface area contributed by atoms with E-state index >= 15 is 0 Å². The van der Waals surface area contributed by atoms with E-state index in [1.807, 2.05) is 0 Å². The van der Waals surface area contributed by atoms with E-state index in [4.69, 9.17) is 9.52 Å². The van der Waals surface area contributed by atoms with Crippen molar-refractivity contribution in [1.29, 1.82) is 0 Å². The van der Waals surface area contributed by atoms with Crippen LogP contribution in [0.25, 0.3) is 17.4 Å². The first kappa shape index (κ1) is 21.5. The van der Waals surface area contributed by atoms with Gasteiger partial charge in [-0.25, -0.2) is 0 Å². The highest BCUT2D eigenvalue weighted by Crippen LogP contribution is 2.25. The molecule has 0 fully saturated rings. The van der Waals surface area contributed by atoms with Gasteiger partial charge in [0.1, 0.15) is 17.2 Å². The Morgan fingerprint density at radius 3 is 2.39 bits per heavy atom. The van der Waals surface area contributed by atoms with Gasteiger partial charge in [0.15, 0.2) is 0 Å². The van der Waals surface area contributed by atoms with Crippen LogP contribution in [0.15, 0.2) is 76.8 Å². The van der Waals surface area contributed by atoms with Crippen LogP contribution < -0.4 is 10.6 Å². The number of aliphatic hydroxyl groups excluding tert-OH is 1. The first-order valence-corrected chi connectivity index (χ1v) is 9.30. The fourth-order valence-electron chi connectivity index (χ4n) is 2.68. The van der Waals surface area contributed by atoms with Crippen molar-refractivity contribution in [3.05, 3.63) is 93.9 Å². The standard InChI is InChI=1S/C22H19N3O6/c26-13-12-23-22(28)19(24-21(27)16-4-2-1-3-5-16)14-18-10-11-20(31-18)15-6-8-17(9-7-15)25(29)30/h1-11,14,26H,12-13H2,(H,23,28)(H,24,27)/b19-14-. The fraction of sp³-hybridized carbons (Fsp3) is 0.0909. The monoisotopic (exact) mass is 421 g/mol. The van der Waals surface area contributed by atoms with Crippen molar-refractivity contribution in [3.63, 3.8) is 0 Å². The average Bonchev–Trinajstić information content (AvgIpc) is 3.26. The van der Waals surface area contributed by atoms with E-state index in [-0.39, 0.29) is 30.3 Å². The molecule has 2 aromatic carbocycles. The summed E-state index contributed by atoms with van der Waals surface area (Å²) >= 11 is 0. The maximum atomic E-state index is 12.5. The molecule has 158 valence electrons. The number of benzene rings is 2. The van der Waals surface area contributed by atoms with Gasteiger partial charge in [0, 0.05) is 35.9 Å². The molecule has 0 aliphatic carbocycles. The number of furan rings is 1. The van der Waals surface area contributed by atoms with Gasteiger partial charge < -0.3 is 20.2 Å². The van der Waals surface area contributed by atoms with Gasteiger partial charge in [0.2, 0.25) is 0 Å². The SMILES string of the molecule is O=C(NCCO)/C(=C/c1ccc(-c2ccc([N+](=O)[O-])cc2)o1)NC(=O)c1ccccc1. The van der Waals surface area contributed by atoms with Crippen molar-refractivity contribution in [2.75, 3.05) is 13.2 Å². The summed E-state index contributed by atoms with van der Waals surface area (Å²) in [5.74, 6) is -0.346. The first-order chi connectivity index (χ1) is 15.0. The van der Waals surface area contributed by atoms with Crippen molar-refractivity contribution < 1.29 is 24.0 Å². The number of nitro benzene ring substituents is 1. The summed E-state index contributed by atoms with van der Waals surface area (Å²) in [4.78, 5) is 35.2. The number of nitrogens with zero attached hydrogens (tertiary/aromatic N) is 1. The van der Waals surface area contributed by atoms with Crippen molar-refractivity contribution in [2.24, 2.45) is 0 Å². The summed E-state index contributed by atoms with van der Waals surface area (Å²) in [6.07, 6.45) is 1.36. The zero-order valence-corrected chi connectivity index (χ0v) is 16.3. The molecule has 31 heavy (non-hydrogen) atoms. The van der Waals surface area contributed by atoms with E-state index in [9.17, 15) is 19.7 Å². The molecule has 3 rings (SSSR count). The van der Waals surface area contributed by atoms with Gasteiger partial charge in [-0.1, -0.05) is 18.2 Å². The molecule has 0 radical (unpaired) electrons. The Balaban J connectivity index is 1.84. The van der Waals surface area contributed by atoms with Crippen molar-refractivity contribution >= 4 is 23.6 Å². The van der Waals surface area contributed by atoms with E-state index in [1.165, 1.54) is 18.2 Å². The number of rotatable bonds is 8. The highest BCUT2D eigenvalue weighted by Gasteiger charge is 2.15.